The molecule has 0 radical (unpaired) electrons. The van der Waals surface area contributed by atoms with Crippen molar-refractivity contribution in [3.8, 4) is 11.5 Å². The molecule has 2 rings (SSSR count). The molecule has 6 nitrogen and oxygen atoms in total. The van der Waals surface area contributed by atoms with E-state index in [9.17, 15) is 9.59 Å². The van der Waals surface area contributed by atoms with Crippen LogP contribution in [-0.4, -0.2) is 38.1 Å². The number of nitrogens with one attached hydrogen (secondary N) is 2. The first-order valence-corrected chi connectivity index (χ1v) is 14.8. The standard InChI is InChI=1S/C34H52N2O4/c1-25-13-15-27(3)29(23-25)39-21-11-17-33(5,6)31(37)35-19-9-10-20-36-32(38)34(7,8)18-12-22-40-30-24-26(2)14-16-28(30)4/h13-16,23-24H,9-12,17-22H2,1-8H3,(H,35,37)(H,36,38). The van der Waals surface area contributed by atoms with Crippen molar-refractivity contribution in [1.29, 1.82) is 0 Å². The Morgan fingerprint density at radius 1 is 0.625 bits per heavy atom. The minimum Gasteiger partial charge on any atom is -0.493 e. The molecule has 0 spiro atoms. The second-order valence-corrected chi connectivity index (χ2v) is 12.4. The lowest BCUT2D eigenvalue weighted by molar-refractivity contribution is -0.130. The molecular formula is C34H52N2O4. The van der Waals surface area contributed by atoms with Crippen LogP contribution in [0.15, 0.2) is 36.4 Å². The molecule has 222 valence electrons. The van der Waals surface area contributed by atoms with Crippen LogP contribution in [0.3, 0.4) is 0 Å². The zero-order chi connectivity index (χ0) is 29.8. The summed E-state index contributed by atoms with van der Waals surface area (Å²) in [5.74, 6) is 1.96. The van der Waals surface area contributed by atoms with Crippen LogP contribution in [0.25, 0.3) is 0 Å². The Morgan fingerprint density at radius 3 is 1.38 bits per heavy atom. The quantitative estimate of drug-likeness (QED) is 0.207. The highest BCUT2D eigenvalue weighted by atomic mass is 16.5. The molecule has 0 atom stereocenters. The van der Waals surface area contributed by atoms with E-state index in [2.05, 4.69) is 60.9 Å². The summed E-state index contributed by atoms with van der Waals surface area (Å²) in [6.07, 6.45) is 4.78. The lowest BCUT2D eigenvalue weighted by Gasteiger charge is -2.24. The van der Waals surface area contributed by atoms with Crippen molar-refractivity contribution < 1.29 is 19.1 Å². The summed E-state index contributed by atoms with van der Waals surface area (Å²) in [6.45, 7) is 18.5. The topological polar surface area (TPSA) is 76.7 Å². The van der Waals surface area contributed by atoms with Gasteiger partial charge in [0.2, 0.25) is 11.8 Å². The van der Waals surface area contributed by atoms with Crippen molar-refractivity contribution in [2.45, 2.75) is 93.9 Å². The third-order valence-corrected chi connectivity index (χ3v) is 7.50. The van der Waals surface area contributed by atoms with Crippen LogP contribution in [0.2, 0.25) is 0 Å². The van der Waals surface area contributed by atoms with Gasteiger partial charge in [0.15, 0.2) is 0 Å². The Hall–Kier alpha value is -3.02. The number of carbonyl (C=O) groups is 2. The molecule has 0 saturated carbocycles. The predicted octanol–water partition coefficient (Wildman–Crippen LogP) is 7.00. The highest BCUT2D eigenvalue weighted by molar-refractivity contribution is 5.82. The molecule has 40 heavy (non-hydrogen) atoms. The summed E-state index contributed by atoms with van der Waals surface area (Å²) >= 11 is 0. The molecule has 0 unspecified atom stereocenters. The zero-order valence-corrected chi connectivity index (χ0v) is 26.2. The first kappa shape index (κ1) is 33.2. The van der Waals surface area contributed by atoms with Gasteiger partial charge in [0.1, 0.15) is 11.5 Å². The van der Waals surface area contributed by atoms with Crippen molar-refractivity contribution in [2.24, 2.45) is 10.8 Å². The zero-order valence-electron chi connectivity index (χ0n) is 26.2. The molecule has 0 aromatic heterocycles. The Bertz CT molecular complexity index is 1020. The normalized spacial score (nSPS) is 11.7. The largest absolute Gasteiger partial charge is 0.493 e. The maximum Gasteiger partial charge on any atom is 0.225 e. The lowest BCUT2D eigenvalue weighted by atomic mass is 9.86. The van der Waals surface area contributed by atoms with E-state index in [0.717, 1.165) is 61.2 Å². The van der Waals surface area contributed by atoms with Gasteiger partial charge in [0, 0.05) is 23.9 Å². The van der Waals surface area contributed by atoms with Crippen LogP contribution in [0.5, 0.6) is 11.5 Å². The van der Waals surface area contributed by atoms with Crippen LogP contribution in [-0.2, 0) is 9.59 Å². The van der Waals surface area contributed by atoms with Crippen LogP contribution >= 0.6 is 0 Å². The van der Waals surface area contributed by atoms with E-state index in [1.165, 1.54) is 11.1 Å². The SMILES string of the molecule is Cc1ccc(C)c(OCCCC(C)(C)C(=O)NCCCCNC(=O)C(C)(C)CCCOc2cc(C)ccc2C)c1. The molecule has 6 heteroatoms. The number of aryl methyl sites for hydroxylation is 4. The lowest BCUT2D eigenvalue weighted by Crippen LogP contribution is -2.39. The van der Waals surface area contributed by atoms with Gasteiger partial charge in [-0.25, -0.2) is 0 Å². The molecule has 0 bridgehead atoms. The van der Waals surface area contributed by atoms with Gasteiger partial charge in [0.25, 0.3) is 0 Å². The maximum absolute atomic E-state index is 12.7. The Balaban J connectivity index is 1.57. The van der Waals surface area contributed by atoms with Crippen molar-refractivity contribution in [1.82, 2.24) is 10.6 Å². The minimum absolute atomic E-state index is 0.0625. The van der Waals surface area contributed by atoms with E-state index in [-0.39, 0.29) is 11.8 Å². The summed E-state index contributed by atoms with van der Waals surface area (Å²) in [6, 6.07) is 12.4. The molecule has 0 aliphatic rings. The van der Waals surface area contributed by atoms with E-state index >= 15 is 0 Å². The van der Waals surface area contributed by atoms with E-state index in [0.29, 0.717) is 26.3 Å². The third kappa shape index (κ3) is 11.2. The van der Waals surface area contributed by atoms with Crippen molar-refractivity contribution in [2.75, 3.05) is 26.3 Å². The second-order valence-electron chi connectivity index (χ2n) is 12.4. The maximum atomic E-state index is 12.7. The number of hydrogen-bond acceptors (Lipinski definition) is 4. The molecule has 0 saturated heterocycles. The Morgan fingerprint density at radius 2 is 1.00 bits per heavy atom. The van der Waals surface area contributed by atoms with Gasteiger partial charge in [-0.3, -0.25) is 9.59 Å². The van der Waals surface area contributed by atoms with Crippen LogP contribution in [0.1, 0.15) is 88.5 Å². The second kappa shape index (κ2) is 15.7. The number of amides is 2. The molecule has 2 N–H and O–H groups in total. The van der Waals surface area contributed by atoms with Crippen LogP contribution in [0, 0.1) is 38.5 Å². The fourth-order valence-electron chi connectivity index (χ4n) is 4.48. The Labute approximate surface area is 242 Å². The average molecular weight is 553 g/mol. The minimum atomic E-state index is -0.453. The van der Waals surface area contributed by atoms with Gasteiger partial charge in [-0.05, 0) is 101 Å². The van der Waals surface area contributed by atoms with Crippen molar-refractivity contribution in [3.05, 3.63) is 58.7 Å². The number of carbonyl (C=O) groups excluding carboxylic acids is 2. The van der Waals surface area contributed by atoms with Gasteiger partial charge >= 0.3 is 0 Å². The summed E-state index contributed by atoms with van der Waals surface area (Å²) in [5, 5.41) is 6.13. The molecule has 0 aliphatic heterocycles. The highest BCUT2D eigenvalue weighted by Crippen LogP contribution is 2.25. The van der Waals surface area contributed by atoms with Crippen molar-refractivity contribution >= 4 is 11.8 Å². The fourth-order valence-corrected chi connectivity index (χ4v) is 4.48. The van der Waals surface area contributed by atoms with Gasteiger partial charge in [-0.1, -0.05) is 52.0 Å². The van der Waals surface area contributed by atoms with Gasteiger partial charge < -0.3 is 20.1 Å². The molecule has 2 aromatic carbocycles. The van der Waals surface area contributed by atoms with Crippen LogP contribution < -0.4 is 20.1 Å². The molecular weight excluding hydrogens is 500 g/mol. The first-order chi connectivity index (χ1) is 18.8. The molecule has 0 aliphatic carbocycles. The monoisotopic (exact) mass is 552 g/mol. The number of rotatable bonds is 17. The predicted molar refractivity (Wildman–Crippen MR) is 164 cm³/mol. The van der Waals surface area contributed by atoms with E-state index in [1.807, 2.05) is 41.5 Å². The first-order valence-electron chi connectivity index (χ1n) is 14.8. The Kier molecular flexibility index (Phi) is 13.0. The average Bonchev–Trinajstić information content (AvgIpc) is 2.89. The fraction of sp³-hybridized carbons (Fsp3) is 0.588. The molecule has 2 aromatic rings. The molecule has 0 heterocycles. The van der Waals surface area contributed by atoms with Crippen molar-refractivity contribution in [3.63, 3.8) is 0 Å². The van der Waals surface area contributed by atoms with Gasteiger partial charge in [-0.15, -0.1) is 0 Å². The molecule has 0 fully saturated rings. The summed E-state index contributed by atoms with van der Waals surface area (Å²) in [5.41, 5.74) is 3.70. The van der Waals surface area contributed by atoms with Gasteiger partial charge in [0.05, 0.1) is 13.2 Å². The third-order valence-electron chi connectivity index (χ3n) is 7.50. The van der Waals surface area contributed by atoms with Crippen LogP contribution in [0.4, 0.5) is 0 Å². The van der Waals surface area contributed by atoms with E-state index in [4.69, 9.17) is 9.47 Å². The summed E-state index contributed by atoms with van der Waals surface area (Å²) in [4.78, 5) is 25.4. The number of unbranched alkanes of at least 4 members (excludes halogenated alkanes) is 1. The van der Waals surface area contributed by atoms with E-state index < -0.39 is 10.8 Å². The number of hydrogen-bond donors (Lipinski definition) is 2. The number of benzene rings is 2. The van der Waals surface area contributed by atoms with E-state index in [1.54, 1.807) is 0 Å². The number of ether oxygens (including phenoxy) is 2. The highest BCUT2D eigenvalue weighted by Gasteiger charge is 2.28. The van der Waals surface area contributed by atoms with Gasteiger partial charge in [-0.2, -0.15) is 0 Å². The summed E-state index contributed by atoms with van der Waals surface area (Å²) in [7, 11) is 0. The summed E-state index contributed by atoms with van der Waals surface area (Å²) < 4.78 is 11.9. The smallest absolute Gasteiger partial charge is 0.225 e. The molecule has 2 amide bonds.